The van der Waals surface area contributed by atoms with Crippen molar-refractivity contribution in [1.29, 1.82) is 0 Å². The first-order valence-corrected chi connectivity index (χ1v) is 12.9. The van der Waals surface area contributed by atoms with Gasteiger partial charge in [0.2, 0.25) is 0 Å². The second-order valence-corrected chi connectivity index (χ2v) is 9.43. The van der Waals surface area contributed by atoms with Gasteiger partial charge in [-0.3, -0.25) is 4.90 Å². The summed E-state index contributed by atoms with van der Waals surface area (Å²) in [5, 5.41) is 0. The van der Waals surface area contributed by atoms with Crippen molar-refractivity contribution in [3.8, 4) is 0 Å². The van der Waals surface area contributed by atoms with Crippen molar-refractivity contribution in [2.24, 2.45) is 0 Å². The Morgan fingerprint density at radius 2 is 1.89 bits per heavy atom. The number of fused-ring (bicyclic) bond motifs is 1. The molecule has 0 aromatic heterocycles. The second kappa shape index (κ2) is 13.6. The summed E-state index contributed by atoms with van der Waals surface area (Å²) in [4.78, 5) is 4.58. The molecule has 1 aromatic rings. The Bertz CT molecular complexity index is 1120. The molecule has 188 valence electrons. The molecule has 0 saturated carbocycles. The molecule has 3 aliphatic rings. The Labute approximate surface area is 216 Å². The lowest BCUT2D eigenvalue weighted by Crippen LogP contribution is -2.34. The van der Waals surface area contributed by atoms with E-state index in [9.17, 15) is 0 Å². The van der Waals surface area contributed by atoms with Crippen LogP contribution in [0, 0.1) is 0 Å². The topological polar surface area (TPSA) is 24.9 Å². The van der Waals surface area contributed by atoms with Crippen LogP contribution in [0.1, 0.15) is 33.1 Å². The summed E-state index contributed by atoms with van der Waals surface area (Å²) < 4.78 is 11.9. The first-order valence-electron chi connectivity index (χ1n) is 12.9. The standard InChI is InChI=1S/C32H38N2O2/c1-3-4-5-9-19-33-23-27(2)21-29(13-11-20-35-25-33)22-28-12-10-14-30-24-34(26-36-32(30)18-17-28)31-15-7-6-8-16-31/h3-9,11,13-18,20-21H,10,12,19,22-26H2,1-2H3/b4-3-,9-5-,20-11+,27-21+,28-17+,29-13+,30-14-,32-18+. The van der Waals surface area contributed by atoms with E-state index in [0.29, 0.717) is 13.5 Å². The molecule has 1 aromatic carbocycles. The zero-order valence-corrected chi connectivity index (χ0v) is 21.6. The van der Waals surface area contributed by atoms with Crippen molar-refractivity contribution >= 4 is 5.69 Å². The van der Waals surface area contributed by atoms with Gasteiger partial charge in [-0.1, -0.05) is 78.0 Å². The van der Waals surface area contributed by atoms with E-state index in [-0.39, 0.29) is 0 Å². The van der Waals surface area contributed by atoms with E-state index in [2.05, 4.69) is 95.7 Å². The minimum Gasteiger partial charge on any atom is -0.486 e. The van der Waals surface area contributed by atoms with Gasteiger partial charge < -0.3 is 14.4 Å². The van der Waals surface area contributed by atoms with Crippen LogP contribution < -0.4 is 4.90 Å². The summed E-state index contributed by atoms with van der Waals surface area (Å²) in [6, 6.07) is 10.5. The minimum absolute atomic E-state index is 0.578. The van der Waals surface area contributed by atoms with Gasteiger partial charge in [0.25, 0.3) is 0 Å². The molecule has 1 aliphatic carbocycles. The Kier molecular flexibility index (Phi) is 9.63. The summed E-state index contributed by atoms with van der Waals surface area (Å²) in [5.41, 5.74) is 6.53. The molecule has 4 rings (SSSR count). The highest BCUT2D eigenvalue weighted by Crippen LogP contribution is 2.29. The molecule has 0 radical (unpaired) electrons. The van der Waals surface area contributed by atoms with Crippen LogP contribution in [0.5, 0.6) is 0 Å². The molecule has 4 heteroatoms. The third-order valence-electron chi connectivity index (χ3n) is 6.38. The van der Waals surface area contributed by atoms with Gasteiger partial charge in [0.1, 0.15) is 12.5 Å². The third-order valence-corrected chi connectivity index (χ3v) is 6.38. The zero-order chi connectivity index (χ0) is 25.0. The van der Waals surface area contributed by atoms with Crippen LogP contribution in [-0.2, 0) is 9.47 Å². The lowest BCUT2D eigenvalue weighted by Gasteiger charge is -2.33. The maximum Gasteiger partial charge on any atom is 0.161 e. The van der Waals surface area contributed by atoms with Gasteiger partial charge in [0.05, 0.1) is 6.26 Å². The first kappa shape index (κ1) is 25.6. The van der Waals surface area contributed by atoms with Crippen LogP contribution >= 0.6 is 0 Å². The molecule has 1 saturated heterocycles. The minimum atomic E-state index is 0.578. The molecule has 0 bridgehead atoms. The van der Waals surface area contributed by atoms with E-state index in [1.165, 1.54) is 28.0 Å². The zero-order valence-electron chi connectivity index (χ0n) is 21.6. The molecule has 1 fully saturated rings. The summed E-state index contributed by atoms with van der Waals surface area (Å²) in [5.74, 6) is 1.00. The van der Waals surface area contributed by atoms with Crippen LogP contribution in [0.2, 0.25) is 0 Å². The monoisotopic (exact) mass is 482 g/mol. The maximum absolute atomic E-state index is 6.17. The molecule has 0 spiro atoms. The Hall–Kier alpha value is -3.50. The van der Waals surface area contributed by atoms with E-state index >= 15 is 0 Å². The van der Waals surface area contributed by atoms with E-state index in [4.69, 9.17) is 9.47 Å². The SMILES string of the molecule is C/C=C\C=C/CN1CO/C=C/C=C(C/C2=C/C=C3/OCN(c4ccccc4)C/C3=C/CC2)\C=C(/C)C1. The van der Waals surface area contributed by atoms with Gasteiger partial charge in [-0.05, 0) is 63.0 Å². The van der Waals surface area contributed by atoms with Crippen LogP contribution in [0.25, 0.3) is 0 Å². The number of allylic oxidation sites excluding steroid dienone is 11. The van der Waals surface area contributed by atoms with Crippen LogP contribution in [0.15, 0.2) is 125 Å². The van der Waals surface area contributed by atoms with E-state index < -0.39 is 0 Å². The Morgan fingerprint density at radius 1 is 1.00 bits per heavy atom. The van der Waals surface area contributed by atoms with E-state index in [1.54, 1.807) is 6.26 Å². The normalized spacial score (nSPS) is 27.8. The van der Waals surface area contributed by atoms with Crippen LogP contribution in [-0.4, -0.2) is 38.0 Å². The van der Waals surface area contributed by atoms with Crippen molar-refractivity contribution in [1.82, 2.24) is 4.90 Å². The molecule has 36 heavy (non-hydrogen) atoms. The number of para-hydroxylation sites is 1. The maximum atomic E-state index is 6.17. The first-order chi connectivity index (χ1) is 17.7. The third kappa shape index (κ3) is 7.76. The fourth-order valence-corrected chi connectivity index (χ4v) is 4.61. The summed E-state index contributed by atoms with van der Waals surface area (Å²) >= 11 is 0. The molecular weight excluding hydrogens is 444 g/mol. The van der Waals surface area contributed by atoms with Crippen molar-refractivity contribution in [2.45, 2.75) is 33.1 Å². The van der Waals surface area contributed by atoms with Crippen molar-refractivity contribution in [3.63, 3.8) is 0 Å². The van der Waals surface area contributed by atoms with Gasteiger partial charge in [0, 0.05) is 30.9 Å². The highest BCUT2D eigenvalue weighted by atomic mass is 16.5. The van der Waals surface area contributed by atoms with Crippen molar-refractivity contribution in [2.75, 3.05) is 38.0 Å². The van der Waals surface area contributed by atoms with Gasteiger partial charge >= 0.3 is 0 Å². The van der Waals surface area contributed by atoms with Gasteiger partial charge in [0.15, 0.2) is 6.73 Å². The van der Waals surface area contributed by atoms with Crippen LogP contribution in [0.4, 0.5) is 5.69 Å². The summed E-state index contributed by atoms with van der Waals surface area (Å²) in [7, 11) is 0. The molecule has 0 N–H and O–H groups in total. The largest absolute Gasteiger partial charge is 0.486 e. The fourth-order valence-electron chi connectivity index (χ4n) is 4.61. The molecular formula is C32H38N2O2. The second-order valence-electron chi connectivity index (χ2n) is 9.43. The van der Waals surface area contributed by atoms with Gasteiger partial charge in [-0.15, -0.1) is 0 Å². The smallest absolute Gasteiger partial charge is 0.161 e. The van der Waals surface area contributed by atoms with E-state index in [1.807, 2.05) is 19.1 Å². The Balaban J connectivity index is 1.42. The quantitative estimate of drug-likeness (QED) is 0.400. The van der Waals surface area contributed by atoms with Crippen molar-refractivity contribution < 1.29 is 9.47 Å². The van der Waals surface area contributed by atoms with Gasteiger partial charge in [-0.25, -0.2) is 0 Å². The highest BCUT2D eigenvalue weighted by molar-refractivity contribution is 5.50. The number of rotatable bonds is 6. The number of hydrogen-bond donors (Lipinski definition) is 0. The Morgan fingerprint density at radius 3 is 2.75 bits per heavy atom. The van der Waals surface area contributed by atoms with Crippen molar-refractivity contribution in [3.05, 3.63) is 125 Å². The summed E-state index contributed by atoms with van der Waals surface area (Å²) in [6.07, 6.45) is 26.4. The van der Waals surface area contributed by atoms with Gasteiger partial charge in [-0.2, -0.15) is 0 Å². The summed E-state index contributed by atoms with van der Waals surface area (Å²) in [6.45, 7) is 8.02. The predicted molar refractivity (Wildman–Crippen MR) is 150 cm³/mol. The molecule has 4 nitrogen and oxygen atoms in total. The molecule has 0 atom stereocenters. The average Bonchev–Trinajstić information content (AvgIpc) is 2.88. The molecule has 0 unspecified atom stereocenters. The molecule has 0 amide bonds. The number of benzene rings is 1. The number of anilines is 1. The number of nitrogens with zero attached hydrogens (tertiary/aromatic N) is 2. The molecule has 2 aliphatic heterocycles. The fraction of sp³-hybridized carbons (Fsp3) is 0.312. The van der Waals surface area contributed by atoms with Crippen LogP contribution in [0.3, 0.4) is 0 Å². The van der Waals surface area contributed by atoms with E-state index in [0.717, 1.165) is 44.7 Å². The predicted octanol–water partition coefficient (Wildman–Crippen LogP) is 7.21. The average molecular weight is 483 g/mol. The lowest BCUT2D eigenvalue weighted by molar-refractivity contribution is 0.108. The molecule has 2 heterocycles. The number of ether oxygens (including phenoxy) is 2. The lowest BCUT2D eigenvalue weighted by atomic mass is 9.95. The number of hydrogen-bond acceptors (Lipinski definition) is 4. The highest BCUT2D eigenvalue weighted by Gasteiger charge is 2.20.